The Balaban J connectivity index is 1.72. The van der Waals surface area contributed by atoms with E-state index in [1.54, 1.807) is 19.9 Å². The number of fused-ring (bicyclic) bond motifs is 1. The van der Waals surface area contributed by atoms with Crippen molar-refractivity contribution in [1.29, 1.82) is 0 Å². The van der Waals surface area contributed by atoms with Gasteiger partial charge in [-0.2, -0.15) is 0 Å². The van der Waals surface area contributed by atoms with Crippen LogP contribution in [0.4, 0.5) is 0 Å². The minimum Gasteiger partial charge on any atom is -0.437 e. The number of Topliss-reactive ketones (excluding diaryl/α,β-unsaturated/α-hetero) is 1. The average Bonchev–Trinajstić information content (AvgIpc) is 3.03. The van der Waals surface area contributed by atoms with E-state index in [9.17, 15) is 14.9 Å². The van der Waals surface area contributed by atoms with Crippen molar-refractivity contribution < 1.29 is 24.3 Å². The molecule has 2 N–H and O–H groups in total. The Kier molecular flexibility index (Phi) is 5.83. The summed E-state index contributed by atoms with van der Waals surface area (Å²) in [5.41, 5.74) is 1.74. The third-order valence-corrected chi connectivity index (χ3v) is 5.25. The number of ketones is 1. The van der Waals surface area contributed by atoms with Gasteiger partial charge in [0.2, 0.25) is 5.88 Å². The highest BCUT2D eigenvalue weighted by Gasteiger charge is 2.31. The number of benzene rings is 1. The smallest absolute Gasteiger partial charge is 0.437 e. The number of carbonyl (C=O) groups is 1. The first kappa shape index (κ1) is 20.4. The van der Waals surface area contributed by atoms with Crippen LogP contribution in [-0.2, 0) is 11.3 Å². The molecule has 0 saturated heterocycles. The topological polar surface area (TPSA) is 102 Å². The SMILES string of the molecule is CC[C@@H](CC(=O)c1cnc(Oc2ccc3c(c2C)B(O)OC3)cn1)C(C)(C)O. The number of carbonyl (C=O) groups excluding carboxylic acids is 1. The Bertz CT molecular complexity index is 864. The summed E-state index contributed by atoms with van der Waals surface area (Å²) in [5, 5.41) is 20.1. The van der Waals surface area contributed by atoms with Gasteiger partial charge in [0.15, 0.2) is 5.78 Å². The molecule has 0 unspecified atom stereocenters. The van der Waals surface area contributed by atoms with Crippen LogP contribution in [0.3, 0.4) is 0 Å². The van der Waals surface area contributed by atoms with Gasteiger partial charge >= 0.3 is 7.12 Å². The van der Waals surface area contributed by atoms with Crippen LogP contribution in [0.25, 0.3) is 0 Å². The number of aliphatic hydroxyl groups is 1. The highest BCUT2D eigenvalue weighted by Crippen LogP contribution is 2.27. The predicted molar refractivity (Wildman–Crippen MR) is 105 cm³/mol. The minimum atomic E-state index is -0.952. The van der Waals surface area contributed by atoms with Crippen molar-refractivity contribution >= 4 is 18.4 Å². The van der Waals surface area contributed by atoms with Crippen LogP contribution in [0.15, 0.2) is 24.5 Å². The largest absolute Gasteiger partial charge is 0.492 e. The van der Waals surface area contributed by atoms with E-state index in [-0.39, 0.29) is 29.7 Å². The Hall–Kier alpha value is -2.29. The molecule has 2 heterocycles. The molecular formula is C20H25BN2O5. The van der Waals surface area contributed by atoms with Gasteiger partial charge in [0, 0.05) is 6.42 Å². The normalized spacial score (nSPS) is 14.7. The van der Waals surface area contributed by atoms with Crippen LogP contribution >= 0.6 is 0 Å². The van der Waals surface area contributed by atoms with Crippen molar-refractivity contribution in [2.75, 3.05) is 0 Å². The molecule has 0 saturated carbocycles. The van der Waals surface area contributed by atoms with E-state index in [2.05, 4.69) is 9.97 Å². The third kappa shape index (κ3) is 4.24. The summed E-state index contributed by atoms with van der Waals surface area (Å²) in [6, 6.07) is 3.65. The van der Waals surface area contributed by atoms with Crippen molar-refractivity contribution in [2.24, 2.45) is 5.92 Å². The lowest BCUT2D eigenvalue weighted by atomic mass is 9.76. The molecular weight excluding hydrogens is 359 g/mol. The Morgan fingerprint density at radius 1 is 1.36 bits per heavy atom. The van der Waals surface area contributed by atoms with E-state index in [1.807, 2.05) is 19.9 Å². The van der Waals surface area contributed by atoms with E-state index < -0.39 is 12.7 Å². The molecule has 1 aromatic heterocycles. The fourth-order valence-electron chi connectivity index (χ4n) is 3.44. The highest BCUT2D eigenvalue weighted by atomic mass is 16.5. The number of hydrogen-bond acceptors (Lipinski definition) is 7. The molecule has 3 rings (SSSR count). The zero-order valence-electron chi connectivity index (χ0n) is 16.6. The molecule has 1 aromatic carbocycles. The van der Waals surface area contributed by atoms with Gasteiger partial charge in [0.25, 0.3) is 0 Å². The summed E-state index contributed by atoms with van der Waals surface area (Å²) >= 11 is 0. The molecule has 8 heteroatoms. The first-order valence-electron chi connectivity index (χ1n) is 9.38. The van der Waals surface area contributed by atoms with Crippen molar-refractivity contribution in [1.82, 2.24) is 9.97 Å². The van der Waals surface area contributed by atoms with Crippen LogP contribution in [-0.4, -0.2) is 38.6 Å². The Labute approximate surface area is 164 Å². The number of rotatable bonds is 7. The number of hydrogen-bond donors (Lipinski definition) is 2. The maximum Gasteiger partial charge on any atom is 0.492 e. The monoisotopic (exact) mass is 384 g/mol. The highest BCUT2D eigenvalue weighted by molar-refractivity contribution is 6.62. The first-order valence-corrected chi connectivity index (χ1v) is 9.38. The lowest BCUT2D eigenvalue weighted by Crippen LogP contribution is -2.32. The lowest BCUT2D eigenvalue weighted by molar-refractivity contribution is 0.0121. The standard InChI is InChI=1S/C20H25BN2O5/c1-5-14(20(3,4)25)8-16(24)15-9-23-18(10-22-15)28-17-7-6-13-11-27-21(26)19(13)12(17)2/h6-7,9-10,14,25-26H,5,8,11H2,1-4H3/t14-/m0/s1. The summed E-state index contributed by atoms with van der Waals surface area (Å²) in [5.74, 6) is 0.481. The number of ether oxygens (including phenoxy) is 1. The fourth-order valence-corrected chi connectivity index (χ4v) is 3.44. The second kappa shape index (κ2) is 7.99. The van der Waals surface area contributed by atoms with Gasteiger partial charge in [-0.3, -0.25) is 4.79 Å². The number of aromatic nitrogens is 2. The zero-order valence-corrected chi connectivity index (χ0v) is 16.6. The van der Waals surface area contributed by atoms with Gasteiger partial charge in [0.05, 0.1) is 24.6 Å². The molecule has 1 atom stereocenters. The molecule has 7 nitrogen and oxygen atoms in total. The van der Waals surface area contributed by atoms with Gasteiger partial charge in [-0.1, -0.05) is 19.4 Å². The second-order valence-electron chi connectivity index (χ2n) is 7.65. The van der Waals surface area contributed by atoms with Gasteiger partial charge in [-0.15, -0.1) is 0 Å². The fraction of sp³-hybridized carbons (Fsp3) is 0.450. The van der Waals surface area contributed by atoms with Crippen molar-refractivity contribution in [2.45, 2.75) is 52.7 Å². The van der Waals surface area contributed by atoms with Crippen LogP contribution in [0.5, 0.6) is 11.6 Å². The molecule has 0 bridgehead atoms. The molecule has 148 valence electrons. The number of nitrogens with zero attached hydrogens (tertiary/aromatic N) is 2. The molecule has 0 amide bonds. The van der Waals surface area contributed by atoms with Crippen molar-refractivity contribution in [3.63, 3.8) is 0 Å². The van der Waals surface area contributed by atoms with E-state index in [0.717, 1.165) is 16.6 Å². The average molecular weight is 384 g/mol. The second-order valence-corrected chi connectivity index (χ2v) is 7.65. The molecule has 2 aromatic rings. The van der Waals surface area contributed by atoms with E-state index in [1.165, 1.54) is 12.4 Å². The maximum atomic E-state index is 12.5. The van der Waals surface area contributed by atoms with Gasteiger partial charge < -0.3 is 19.5 Å². The third-order valence-electron chi connectivity index (χ3n) is 5.25. The van der Waals surface area contributed by atoms with Crippen molar-refractivity contribution in [3.05, 3.63) is 41.3 Å². The van der Waals surface area contributed by atoms with Crippen LogP contribution in [0.2, 0.25) is 0 Å². The van der Waals surface area contributed by atoms with Crippen LogP contribution < -0.4 is 10.2 Å². The maximum absolute atomic E-state index is 12.5. The summed E-state index contributed by atoms with van der Waals surface area (Å²) in [6.45, 7) is 7.58. The molecule has 0 fully saturated rings. The van der Waals surface area contributed by atoms with Crippen LogP contribution in [0.1, 0.15) is 55.2 Å². The minimum absolute atomic E-state index is 0.152. The Morgan fingerprint density at radius 2 is 2.11 bits per heavy atom. The molecule has 1 aliphatic rings. The molecule has 0 spiro atoms. The van der Waals surface area contributed by atoms with Gasteiger partial charge in [-0.25, -0.2) is 9.97 Å². The summed E-state index contributed by atoms with van der Waals surface area (Å²) in [4.78, 5) is 20.8. The van der Waals surface area contributed by atoms with Gasteiger partial charge in [0.1, 0.15) is 11.4 Å². The molecule has 0 radical (unpaired) electrons. The summed E-state index contributed by atoms with van der Waals surface area (Å²) in [7, 11) is -0.952. The van der Waals surface area contributed by atoms with Crippen LogP contribution in [0, 0.1) is 12.8 Å². The quantitative estimate of drug-likeness (QED) is 0.557. The predicted octanol–water partition coefficient (Wildman–Crippen LogP) is 2.16. The molecule has 1 aliphatic heterocycles. The summed E-state index contributed by atoms with van der Waals surface area (Å²) < 4.78 is 11.0. The molecule has 28 heavy (non-hydrogen) atoms. The summed E-state index contributed by atoms with van der Waals surface area (Å²) in [6.07, 6.45) is 3.68. The Morgan fingerprint density at radius 3 is 2.71 bits per heavy atom. The van der Waals surface area contributed by atoms with Crippen molar-refractivity contribution in [3.8, 4) is 11.6 Å². The van der Waals surface area contributed by atoms with Gasteiger partial charge in [-0.05, 0) is 49.3 Å². The lowest BCUT2D eigenvalue weighted by Gasteiger charge is -2.27. The zero-order chi connectivity index (χ0) is 20.5. The van der Waals surface area contributed by atoms with E-state index >= 15 is 0 Å². The first-order chi connectivity index (χ1) is 13.2. The van der Waals surface area contributed by atoms with E-state index in [0.29, 0.717) is 18.8 Å². The molecule has 0 aliphatic carbocycles. The van der Waals surface area contributed by atoms with E-state index in [4.69, 9.17) is 9.39 Å².